The summed E-state index contributed by atoms with van der Waals surface area (Å²) in [4.78, 5) is 18.3. The van der Waals surface area contributed by atoms with E-state index in [1.54, 1.807) is 18.2 Å². The highest BCUT2D eigenvalue weighted by Gasteiger charge is 2.08. The van der Waals surface area contributed by atoms with Crippen LogP contribution in [0.15, 0.2) is 29.0 Å². The molecule has 0 aliphatic heterocycles. The number of rotatable bonds is 6. The molecule has 0 saturated heterocycles. The van der Waals surface area contributed by atoms with E-state index >= 15 is 0 Å². The SMILES string of the molecule is CCN(CC)CCNC(=O)c1ccc2ocnc2c1. The topological polar surface area (TPSA) is 58.4 Å². The molecule has 2 aromatic rings. The van der Waals surface area contributed by atoms with E-state index in [1.165, 1.54) is 6.39 Å². The molecule has 0 aliphatic rings. The molecular weight excluding hydrogens is 242 g/mol. The van der Waals surface area contributed by atoms with Crippen molar-refractivity contribution in [3.05, 3.63) is 30.2 Å². The van der Waals surface area contributed by atoms with E-state index in [2.05, 4.69) is 29.0 Å². The Hall–Kier alpha value is -1.88. The van der Waals surface area contributed by atoms with Gasteiger partial charge in [-0.2, -0.15) is 0 Å². The summed E-state index contributed by atoms with van der Waals surface area (Å²) in [5, 5.41) is 2.92. The van der Waals surface area contributed by atoms with E-state index in [1.807, 2.05) is 0 Å². The van der Waals surface area contributed by atoms with E-state index in [0.29, 0.717) is 23.2 Å². The van der Waals surface area contributed by atoms with E-state index < -0.39 is 0 Å². The summed E-state index contributed by atoms with van der Waals surface area (Å²) in [6, 6.07) is 5.26. The first-order valence-electron chi connectivity index (χ1n) is 6.58. The van der Waals surface area contributed by atoms with Gasteiger partial charge in [0, 0.05) is 18.7 Å². The lowest BCUT2D eigenvalue weighted by Gasteiger charge is -2.17. The van der Waals surface area contributed by atoms with Crippen molar-refractivity contribution in [2.75, 3.05) is 26.2 Å². The number of amides is 1. The number of hydrogen-bond donors (Lipinski definition) is 1. The fourth-order valence-corrected chi connectivity index (χ4v) is 1.97. The highest BCUT2D eigenvalue weighted by atomic mass is 16.3. The lowest BCUT2D eigenvalue weighted by Crippen LogP contribution is -2.34. The van der Waals surface area contributed by atoms with Gasteiger partial charge in [-0.3, -0.25) is 4.79 Å². The number of carbonyl (C=O) groups excluding carboxylic acids is 1. The molecule has 5 nitrogen and oxygen atoms in total. The number of aromatic nitrogens is 1. The first kappa shape index (κ1) is 13.5. The van der Waals surface area contributed by atoms with Gasteiger partial charge in [-0.1, -0.05) is 13.8 Å². The van der Waals surface area contributed by atoms with E-state index in [0.717, 1.165) is 19.6 Å². The van der Waals surface area contributed by atoms with Crippen LogP contribution in [0.1, 0.15) is 24.2 Å². The second-order valence-electron chi connectivity index (χ2n) is 4.32. The van der Waals surface area contributed by atoms with Gasteiger partial charge < -0.3 is 14.6 Å². The molecule has 0 radical (unpaired) electrons. The first-order valence-corrected chi connectivity index (χ1v) is 6.58. The van der Waals surface area contributed by atoms with Crippen molar-refractivity contribution in [3.8, 4) is 0 Å². The molecule has 1 heterocycles. The number of carbonyl (C=O) groups is 1. The van der Waals surface area contributed by atoms with Crippen molar-refractivity contribution in [3.63, 3.8) is 0 Å². The fraction of sp³-hybridized carbons (Fsp3) is 0.429. The Morgan fingerprint density at radius 3 is 2.89 bits per heavy atom. The minimum atomic E-state index is -0.0722. The highest BCUT2D eigenvalue weighted by Crippen LogP contribution is 2.13. The van der Waals surface area contributed by atoms with Crippen LogP contribution in [0.4, 0.5) is 0 Å². The van der Waals surface area contributed by atoms with Crippen LogP contribution in [0.5, 0.6) is 0 Å². The molecule has 0 atom stereocenters. The third-order valence-corrected chi connectivity index (χ3v) is 3.20. The molecular formula is C14H19N3O2. The molecule has 2 rings (SSSR count). The molecule has 0 unspecified atom stereocenters. The van der Waals surface area contributed by atoms with Crippen molar-refractivity contribution in [2.45, 2.75) is 13.8 Å². The fourth-order valence-electron chi connectivity index (χ4n) is 1.97. The van der Waals surface area contributed by atoms with E-state index in [9.17, 15) is 4.79 Å². The first-order chi connectivity index (χ1) is 9.24. The Bertz CT molecular complexity index is 546. The van der Waals surface area contributed by atoms with Gasteiger partial charge in [0.1, 0.15) is 5.52 Å². The van der Waals surface area contributed by atoms with Crippen molar-refractivity contribution in [2.24, 2.45) is 0 Å². The van der Waals surface area contributed by atoms with Gasteiger partial charge in [0.15, 0.2) is 12.0 Å². The number of oxazole rings is 1. The van der Waals surface area contributed by atoms with Crippen LogP contribution in [-0.2, 0) is 0 Å². The van der Waals surface area contributed by atoms with Crippen LogP contribution >= 0.6 is 0 Å². The molecule has 1 N–H and O–H groups in total. The third kappa shape index (κ3) is 3.32. The lowest BCUT2D eigenvalue weighted by atomic mass is 10.2. The maximum Gasteiger partial charge on any atom is 0.251 e. The molecule has 19 heavy (non-hydrogen) atoms. The van der Waals surface area contributed by atoms with Crippen LogP contribution in [0, 0.1) is 0 Å². The zero-order chi connectivity index (χ0) is 13.7. The standard InChI is InChI=1S/C14H19N3O2/c1-3-17(4-2)8-7-15-14(18)11-5-6-13-12(9-11)16-10-19-13/h5-6,9-10H,3-4,7-8H2,1-2H3,(H,15,18). The average molecular weight is 261 g/mol. The highest BCUT2D eigenvalue weighted by molar-refractivity contribution is 5.97. The van der Waals surface area contributed by atoms with Crippen molar-refractivity contribution in [1.29, 1.82) is 0 Å². The summed E-state index contributed by atoms with van der Waals surface area (Å²) >= 11 is 0. The Morgan fingerprint density at radius 1 is 1.37 bits per heavy atom. The molecule has 0 saturated carbocycles. The largest absolute Gasteiger partial charge is 0.443 e. The Labute approximate surface area is 112 Å². The minimum Gasteiger partial charge on any atom is -0.443 e. The lowest BCUT2D eigenvalue weighted by molar-refractivity contribution is 0.0949. The van der Waals surface area contributed by atoms with Gasteiger partial charge in [0.25, 0.3) is 5.91 Å². The number of hydrogen-bond acceptors (Lipinski definition) is 4. The van der Waals surface area contributed by atoms with Crippen molar-refractivity contribution >= 4 is 17.0 Å². The molecule has 0 bridgehead atoms. The van der Waals surface area contributed by atoms with Gasteiger partial charge in [0.2, 0.25) is 0 Å². The van der Waals surface area contributed by atoms with Crippen LogP contribution < -0.4 is 5.32 Å². The van der Waals surface area contributed by atoms with Gasteiger partial charge in [-0.05, 0) is 31.3 Å². The van der Waals surface area contributed by atoms with Crippen LogP contribution in [-0.4, -0.2) is 42.0 Å². The predicted octanol–water partition coefficient (Wildman–Crippen LogP) is 1.90. The predicted molar refractivity (Wildman–Crippen MR) is 74.1 cm³/mol. The molecule has 0 aliphatic carbocycles. The second kappa shape index (κ2) is 6.33. The number of nitrogens with one attached hydrogen (secondary N) is 1. The van der Waals surface area contributed by atoms with E-state index in [4.69, 9.17) is 4.42 Å². The van der Waals surface area contributed by atoms with Gasteiger partial charge >= 0.3 is 0 Å². The summed E-state index contributed by atoms with van der Waals surface area (Å²) in [5.41, 5.74) is 2.01. The Balaban J connectivity index is 1.92. The third-order valence-electron chi connectivity index (χ3n) is 3.20. The molecule has 0 fully saturated rings. The summed E-state index contributed by atoms with van der Waals surface area (Å²) in [6.07, 6.45) is 1.38. The molecule has 102 valence electrons. The van der Waals surface area contributed by atoms with Crippen LogP contribution in [0.3, 0.4) is 0 Å². The maximum absolute atomic E-state index is 12.0. The summed E-state index contributed by atoms with van der Waals surface area (Å²) in [6.45, 7) is 7.74. The number of fused-ring (bicyclic) bond motifs is 1. The minimum absolute atomic E-state index is 0.0722. The average Bonchev–Trinajstić information content (AvgIpc) is 2.90. The summed E-state index contributed by atoms with van der Waals surface area (Å²) in [5.74, 6) is -0.0722. The van der Waals surface area contributed by atoms with Crippen molar-refractivity contribution < 1.29 is 9.21 Å². The van der Waals surface area contributed by atoms with Gasteiger partial charge in [-0.15, -0.1) is 0 Å². The van der Waals surface area contributed by atoms with E-state index in [-0.39, 0.29) is 5.91 Å². The van der Waals surface area contributed by atoms with Gasteiger partial charge in [0.05, 0.1) is 0 Å². The molecule has 1 aromatic carbocycles. The normalized spacial score (nSPS) is 11.1. The number of likely N-dealkylation sites (N-methyl/N-ethyl adjacent to an activating group) is 1. The van der Waals surface area contributed by atoms with Crippen LogP contribution in [0.25, 0.3) is 11.1 Å². The molecule has 1 aromatic heterocycles. The summed E-state index contributed by atoms with van der Waals surface area (Å²) < 4.78 is 5.14. The maximum atomic E-state index is 12.0. The molecule has 5 heteroatoms. The Kier molecular flexibility index (Phi) is 4.52. The van der Waals surface area contributed by atoms with Gasteiger partial charge in [-0.25, -0.2) is 4.98 Å². The molecule has 1 amide bonds. The number of benzene rings is 1. The molecule has 0 spiro atoms. The second-order valence-corrected chi connectivity index (χ2v) is 4.32. The summed E-state index contributed by atoms with van der Waals surface area (Å²) in [7, 11) is 0. The smallest absolute Gasteiger partial charge is 0.251 e. The Morgan fingerprint density at radius 2 is 2.16 bits per heavy atom. The zero-order valence-electron chi connectivity index (χ0n) is 11.3. The monoisotopic (exact) mass is 261 g/mol. The number of nitrogens with zero attached hydrogens (tertiary/aromatic N) is 2. The van der Waals surface area contributed by atoms with Crippen LogP contribution in [0.2, 0.25) is 0 Å². The van der Waals surface area contributed by atoms with Crippen molar-refractivity contribution in [1.82, 2.24) is 15.2 Å². The quantitative estimate of drug-likeness (QED) is 0.862. The zero-order valence-corrected chi connectivity index (χ0v) is 11.3.